The average molecular weight is 326 g/mol. The van der Waals surface area contributed by atoms with Crippen LogP contribution in [-0.4, -0.2) is 16.3 Å². The maximum Gasteiger partial charge on any atom is 0.267 e. The van der Waals surface area contributed by atoms with E-state index in [1.807, 2.05) is 11.4 Å². The van der Waals surface area contributed by atoms with E-state index >= 15 is 0 Å². The summed E-state index contributed by atoms with van der Waals surface area (Å²) >= 11 is 5.11. The van der Waals surface area contributed by atoms with Gasteiger partial charge in [0.15, 0.2) is 0 Å². The fraction of sp³-hybridized carbons (Fsp3) is 0.333. The number of hydrogen-bond acceptors (Lipinski definition) is 4. The molecule has 4 nitrogen and oxygen atoms in total. The van der Waals surface area contributed by atoms with Crippen LogP contribution in [0.15, 0.2) is 26.8 Å². The topological polar surface area (TPSA) is 46.9 Å². The Morgan fingerprint density at radius 3 is 3.22 bits per heavy atom. The van der Waals surface area contributed by atoms with Gasteiger partial charge in [0.1, 0.15) is 0 Å². The van der Waals surface area contributed by atoms with Crippen LogP contribution in [0, 0.1) is 0 Å². The lowest BCUT2D eigenvalue weighted by atomic mass is 10.1. The number of nitrogens with zero attached hydrogens (tertiary/aromatic N) is 2. The molecular weight excluding hydrogens is 314 g/mol. The molecule has 0 radical (unpaired) electrons. The number of nitrogens with one attached hydrogen (secondary N) is 1. The fourth-order valence-corrected chi connectivity index (χ4v) is 3.51. The molecule has 18 heavy (non-hydrogen) atoms. The van der Waals surface area contributed by atoms with Crippen molar-refractivity contribution >= 4 is 27.3 Å². The minimum atomic E-state index is -0.0299. The molecule has 1 aliphatic rings. The second-order valence-corrected chi connectivity index (χ2v) is 6.09. The predicted octanol–water partition coefficient (Wildman–Crippen LogP) is 1.76. The molecule has 0 atom stereocenters. The zero-order valence-corrected chi connectivity index (χ0v) is 12.1. The first kappa shape index (κ1) is 12.1. The van der Waals surface area contributed by atoms with E-state index in [-0.39, 0.29) is 5.56 Å². The lowest BCUT2D eigenvalue weighted by Crippen LogP contribution is -2.31. The number of halogens is 1. The molecule has 0 saturated heterocycles. The van der Waals surface area contributed by atoms with Crippen LogP contribution in [0.2, 0.25) is 0 Å². The standard InChI is InChI=1S/C12H12BrN3OS/c13-9-2-4-18-11(9)7-16-12(17)5-8-6-14-3-1-10(8)15-16/h2,4-5,14H,1,3,6-7H2. The van der Waals surface area contributed by atoms with Crippen molar-refractivity contribution in [3.8, 4) is 0 Å². The van der Waals surface area contributed by atoms with Gasteiger partial charge in [-0.1, -0.05) is 0 Å². The van der Waals surface area contributed by atoms with Gasteiger partial charge >= 0.3 is 0 Å². The highest BCUT2D eigenvalue weighted by Crippen LogP contribution is 2.23. The van der Waals surface area contributed by atoms with Gasteiger partial charge in [0.05, 0.1) is 12.2 Å². The minimum absolute atomic E-state index is 0.0299. The second kappa shape index (κ2) is 4.95. The molecule has 1 N–H and O–H groups in total. The molecule has 2 aromatic heterocycles. The Morgan fingerprint density at radius 1 is 1.56 bits per heavy atom. The van der Waals surface area contributed by atoms with Crippen molar-refractivity contribution in [3.63, 3.8) is 0 Å². The van der Waals surface area contributed by atoms with Gasteiger partial charge in [0.2, 0.25) is 0 Å². The lowest BCUT2D eigenvalue weighted by Gasteiger charge is -2.16. The summed E-state index contributed by atoms with van der Waals surface area (Å²) in [6.45, 7) is 2.22. The van der Waals surface area contributed by atoms with Crippen molar-refractivity contribution < 1.29 is 0 Å². The van der Waals surface area contributed by atoms with E-state index in [0.717, 1.165) is 40.1 Å². The Morgan fingerprint density at radius 2 is 2.44 bits per heavy atom. The van der Waals surface area contributed by atoms with E-state index in [1.54, 1.807) is 22.1 Å². The Hall–Kier alpha value is -0.980. The lowest BCUT2D eigenvalue weighted by molar-refractivity contribution is 0.564. The largest absolute Gasteiger partial charge is 0.312 e. The number of thiophene rings is 1. The summed E-state index contributed by atoms with van der Waals surface area (Å²) in [5.41, 5.74) is 2.05. The molecule has 0 unspecified atom stereocenters. The molecule has 3 rings (SSSR count). The van der Waals surface area contributed by atoms with Crippen LogP contribution >= 0.6 is 27.3 Å². The molecule has 0 fully saturated rings. The molecule has 0 aromatic carbocycles. The van der Waals surface area contributed by atoms with E-state index in [0.29, 0.717) is 6.54 Å². The van der Waals surface area contributed by atoms with Crippen LogP contribution in [0.4, 0.5) is 0 Å². The Labute approximate surface area is 117 Å². The third kappa shape index (κ3) is 2.28. The van der Waals surface area contributed by atoms with Gasteiger partial charge in [-0.05, 0) is 32.9 Å². The van der Waals surface area contributed by atoms with Crippen molar-refractivity contribution in [3.05, 3.63) is 48.5 Å². The van der Waals surface area contributed by atoms with Crippen LogP contribution in [-0.2, 0) is 19.5 Å². The number of aromatic nitrogens is 2. The van der Waals surface area contributed by atoms with Crippen LogP contribution in [0.3, 0.4) is 0 Å². The summed E-state index contributed by atoms with van der Waals surface area (Å²) in [5.74, 6) is 0. The van der Waals surface area contributed by atoms with Gasteiger partial charge in [-0.25, -0.2) is 4.68 Å². The highest BCUT2D eigenvalue weighted by molar-refractivity contribution is 9.10. The minimum Gasteiger partial charge on any atom is -0.312 e. The van der Waals surface area contributed by atoms with Crippen molar-refractivity contribution in [2.75, 3.05) is 6.54 Å². The van der Waals surface area contributed by atoms with Crippen LogP contribution in [0.5, 0.6) is 0 Å². The van der Waals surface area contributed by atoms with Gasteiger partial charge in [0.25, 0.3) is 5.56 Å². The predicted molar refractivity (Wildman–Crippen MR) is 75.0 cm³/mol. The van der Waals surface area contributed by atoms with Crippen molar-refractivity contribution in [1.82, 2.24) is 15.1 Å². The molecule has 0 bridgehead atoms. The molecule has 0 saturated carbocycles. The molecule has 2 aromatic rings. The fourth-order valence-electron chi connectivity index (χ4n) is 2.05. The quantitative estimate of drug-likeness (QED) is 0.915. The van der Waals surface area contributed by atoms with Crippen LogP contribution < -0.4 is 10.9 Å². The normalized spacial score (nSPS) is 14.5. The summed E-state index contributed by atoms with van der Waals surface area (Å²) in [6, 6.07) is 3.70. The van der Waals surface area contributed by atoms with E-state index in [9.17, 15) is 4.79 Å². The Bertz CT molecular complexity index is 634. The summed E-state index contributed by atoms with van der Waals surface area (Å²) in [7, 11) is 0. The summed E-state index contributed by atoms with van der Waals surface area (Å²) < 4.78 is 2.60. The Balaban J connectivity index is 1.97. The van der Waals surface area contributed by atoms with Crippen LogP contribution in [0.1, 0.15) is 16.1 Å². The smallest absolute Gasteiger partial charge is 0.267 e. The number of fused-ring (bicyclic) bond motifs is 1. The van der Waals surface area contributed by atoms with Crippen molar-refractivity contribution in [2.24, 2.45) is 0 Å². The summed E-state index contributed by atoms with van der Waals surface area (Å²) in [6.07, 6.45) is 0.890. The van der Waals surface area contributed by atoms with Crippen LogP contribution in [0.25, 0.3) is 0 Å². The number of hydrogen-bond donors (Lipinski definition) is 1. The third-order valence-corrected chi connectivity index (χ3v) is 4.91. The monoisotopic (exact) mass is 325 g/mol. The summed E-state index contributed by atoms with van der Waals surface area (Å²) in [5, 5.41) is 9.73. The van der Waals surface area contributed by atoms with Gasteiger partial charge in [0, 0.05) is 34.9 Å². The average Bonchev–Trinajstić information content (AvgIpc) is 2.76. The molecule has 0 spiro atoms. The maximum atomic E-state index is 12.0. The zero-order chi connectivity index (χ0) is 12.5. The molecule has 0 aliphatic carbocycles. The molecule has 0 amide bonds. The van der Waals surface area contributed by atoms with E-state index in [2.05, 4.69) is 26.3 Å². The molecule has 94 valence electrons. The first-order valence-electron chi connectivity index (χ1n) is 5.76. The highest BCUT2D eigenvalue weighted by Gasteiger charge is 2.13. The first-order valence-corrected chi connectivity index (χ1v) is 7.44. The zero-order valence-electron chi connectivity index (χ0n) is 9.65. The van der Waals surface area contributed by atoms with E-state index in [4.69, 9.17) is 0 Å². The van der Waals surface area contributed by atoms with E-state index in [1.165, 1.54) is 0 Å². The molecule has 3 heterocycles. The number of rotatable bonds is 2. The van der Waals surface area contributed by atoms with Gasteiger partial charge in [-0.3, -0.25) is 4.79 Å². The summed E-state index contributed by atoms with van der Waals surface area (Å²) in [4.78, 5) is 13.1. The Kier molecular flexibility index (Phi) is 3.32. The van der Waals surface area contributed by atoms with Gasteiger partial charge in [-0.2, -0.15) is 5.10 Å². The first-order chi connectivity index (χ1) is 8.74. The second-order valence-electron chi connectivity index (χ2n) is 4.23. The van der Waals surface area contributed by atoms with E-state index < -0.39 is 0 Å². The molecule has 1 aliphatic heterocycles. The van der Waals surface area contributed by atoms with Gasteiger partial charge in [-0.15, -0.1) is 11.3 Å². The van der Waals surface area contributed by atoms with Crippen molar-refractivity contribution in [1.29, 1.82) is 0 Å². The molecular formula is C12H12BrN3OS. The van der Waals surface area contributed by atoms with Crippen molar-refractivity contribution in [2.45, 2.75) is 19.5 Å². The third-order valence-electron chi connectivity index (χ3n) is 3.00. The SMILES string of the molecule is O=c1cc2c(nn1Cc1sccc1Br)CCNC2. The maximum absolute atomic E-state index is 12.0. The van der Waals surface area contributed by atoms with Gasteiger partial charge < -0.3 is 5.32 Å². The molecule has 6 heteroatoms. The highest BCUT2D eigenvalue weighted by atomic mass is 79.9.